The van der Waals surface area contributed by atoms with E-state index in [0.717, 1.165) is 0 Å². The van der Waals surface area contributed by atoms with E-state index >= 15 is 0 Å². The van der Waals surface area contributed by atoms with Gasteiger partial charge in [-0.3, -0.25) is 9.59 Å². The quantitative estimate of drug-likeness (QED) is 0.748. The highest BCUT2D eigenvalue weighted by Crippen LogP contribution is 2.32. The van der Waals surface area contributed by atoms with Gasteiger partial charge in [-0.25, -0.2) is 0 Å². The minimum Gasteiger partial charge on any atom is -0.377 e. The molecule has 1 aromatic carbocycles. The Morgan fingerprint density at radius 1 is 1.00 bits per heavy atom. The second kappa shape index (κ2) is 6.29. The van der Waals surface area contributed by atoms with Crippen LogP contribution in [0.3, 0.4) is 0 Å². The number of carbonyl (C=O) groups excluding carboxylic acids is 2. The zero-order chi connectivity index (χ0) is 15.4. The molecule has 20 heavy (non-hydrogen) atoms. The van der Waals surface area contributed by atoms with Crippen LogP contribution in [-0.4, -0.2) is 27.4 Å². The molecule has 1 aromatic rings. The highest BCUT2D eigenvalue weighted by molar-refractivity contribution is 6.13. The molecule has 0 aliphatic rings. The van der Waals surface area contributed by atoms with Gasteiger partial charge < -0.3 is 10.2 Å². The number of hydrogen-bond donors (Lipinski definition) is 2. The average Bonchev–Trinajstić information content (AvgIpc) is 2.52. The summed E-state index contributed by atoms with van der Waals surface area (Å²) in [5.74, 6) is -1.40. The molecule has 0 aromatic heterocycles. The lowest BCUT2D eigenvalue weighted by Gasteiger charge is -2.34. The molecule has 110 valence electrons. The van der Waals surface area contributed by atoms with E-state index in [4.69, 9.17) is 0 Å². The van der Waals surface area contributed by atoms with E-state index in [1.165, 1.54) is 0 Å². The number of hydrogen-bond acceptors (Lipinski definition) is 4. The van der Waals surface area contributed by atoms with Crippen molar-refractivity contribution in [1.29, 1.82) is 0 Å². The van der Waals surface area contributed by atoms with Gasteiger partial charge in [-0.05, 0) is 18.4 Å². The van der Waals surface area contributed by atoms with Gasteiger partial charge in [-0.15, -0.1) is 0 Å². The normalized spacial score (nSPS) is 17.1. The first-order chi connectivity index (χ1) is 9.36. The van der Waals surface area contributed by atoms with Crippen LogP contribution < -0.4 is 0 Å². The zero-order valence-electron chi connectivity index (χ0n) is 12.2. The van der Waals surface area contributed by atoms with Crippen molar-refractivity contribution in [2.45, 2.75) is 51.2 Å². The molecular weight excluding hydrogens is 256 g/mol. The molecule has 0 heterocycles. The van der Waals surface area contributed by atoms with E-state index in [0.29, 0.717) is 5.56 Å². The summed E-state index contributed by atoms with van der Waals surface area (Å²) in [6, 6.07) is 8.42. The summed E-state index contributed by atoms with van der Waals surface area (Å²) in [7, 11) is 0. The molecule has 1 rings (SSSR count). The average molecular weight is 278 g/mol. The van der Waals surface area contributed by atoms with Gasteiger partial charge in [0, 0.05) is 6.42 Å². The van der Waals surface area contributed by atoms with Crippen molar-refractivity contribution in [3.05, 3.63) is 35.9 Å². The summed E-state index contributed by atoms with van der Waals surface area (Å²) in [6.07, 6.45) is 0.0907. The van der Waals surface area contributed by atoms with Crippen LogP contribution in [0.25, 0.3) is 0 Å². The summed E-state index contributed by atoms with van der Waals surface area (Å²) < 4.78 is 0. The van der Waals surface area contributed by atoms with Gasteiger partial charge in [0.1, 0.15) is 0 Å². The van der Waals surface area contributed by atoms with Crippen molar-refractivity contribution in [3.63, 3.8) is 0 Å². The van der Waals surface area contributed by atoms with Crippen molar-refractivity contribution in [1.82, 2.24) is 0 Å². The summed E-state index contributed by atoms with van der Waals surface area (Å²) in [5.41, 5.74) is -3.59. The van der Waals surface area contributed by atoms with E-state index in [9.17, 15) is 19.8 Å². The summed E-state index contributed by atoms with van der Waals surface area (Å²) in [4.78, 5) is 24.5. The van der Waals surface area contributed by atoms with E-state index in [-0.39, 0.29) is 19.3 Å². The Bertz CT molecular complexity index is 483. The Hall–Kier alpha value is -1.52. The third-order valence-corrected chi connectivity index (χ3v) is 3.81. The fourth-order valence-corrected chi connectivity index (χ4v) is 2.33. The van der Waals surface area contributed by atoms with Crippen LogP contribution in [0.4, 0.5) is 0 Å². The highest BCUT2D eigenvalue weighted by Gasteiger charge is 2.51. The van der Waals surface area contributed by atoms with E-state index in [2.05, 4.69) is 0 Å². The van der Waals surface area contributed by atoms with E-state index in [1.807, 2.05) is 0 Å². The van der Waals surface area contributed by atoms with Crippen molar-refractivity contribution in [3.8, 4) is 0 Å². The molecule has 0 aliphatic heterocycles. The molecule has 0 amide bonds. The molecule has 0 aliphatic carbocycles. The minimum atomic E-state index is -2.13. The van der Waals surface area contributed by atoms with Crippen LogP contribution >= 0.6 is 0 Å². The van der Waals surface area contributed by atoms with Crippen molar-refractivity contribution < 1.29 is 19.8 Å². The maximum atomic E-state index is 12.6. The molecular formula is C16H22O4. The lowest BCUT2D eigenvalue weighted by molar-refractivity contribution is -0.165. The second-order valence-electron chi connectivity index (χ2n) is 4.90. The molecule has 2 atom stereocenters. The Morgan fingerprint density at radius 2 is 1.55 bits per heavy atom. The van der Waals surface area contributed by atoms with Crippen LogP contribution in [0.2, 0.25) is 0 Å². The molecule has 0 saturated heterocycles. The number of ketones is 2. The first-order valence-electron chi connectivity index (χ1n) is 6.95. The monoisotopic (exact) mass is 278 g/mol. The third-order valence-electron chi connectivity index (χ3n) is 3.81. The maximum absolute atomic E-state index is 12.6. The molecule has 0 saturated carbocycles. The lowest BCUT2D eigenvalue weighted by Crippen LogP contribution is -2.55. The van der Waals surface area contributed by atoms with Crippen LogP contribution in [0, 0.1) is 0 Å². The SMILES string of the molecule is CCC(=O)[C@@](O)(CC)C(=O)[C@@](O)(CC)c1ccccc1. The Labute approximate surface area is 119 Å². The minimum absolute atomic E-state index is 0.0463. The van der Waals surface area contributed by atoms with Gasteiger partial charge in [0.25, 0.3) is 0 Å². The zero-order valence-corrected chi connectivity index (χ0v) is 12.2. The number of benzene rings is 1. The van der Waals surface area contributed by atoms with Gasteiger partial charge in [-0.2, -0.15) is 0 Å². The second-order valence-corrected chi connectivity index (χ2v) is 4.90. The van der Waals surface area contributed by atoms with Crippen molar-refractivity contribution >= 4 is 11.6 Å². The fraction of sp³-hybridized carbons (Fsp3) is 0.500. The third kappa shape index (κ3) is 2.67. The number of aliphatic hydroxyl groups is 2. The van der Waals surface area contributed by atoms with Crippen LogP contribution in [-0.2, 0) is 15.2 Å². The molecule has 4 heteroatoms. The highest BCUT2D eigenvalue weighted by atomic mass is 16.3. The molecule has 0 radical (unpaired) electrons. The van der Waals surface area contributed by atoms with E-state index < -0.39 is 22.8 Å². The summed E-state index contributed by atoms with van der Waals surface area (Å²) in [5, 5.41) is 21.1. The van der Waals surface area contributed by atoms with Gasteiger partial charge in [0.15, 0.2) is 17.0 Å². The largest absolute Gasteiger partial charge is 0.377 e. The number of carbonyl (C=O) groups is 2. The first-order valence-corrected chi connectivity index (χ1v) is 6.95. The number of rotatable bonds is 7. The van der Waals surface area contributed by atoms with Gasteiger partial charge in [0.05, 0.1) is 0 Å². The van der Waals surface area contributed by atoms with Crippen molar-refractivity contribution in [2.75, 3.05) is 0 Å². The maximum Gasteiger partial charge on any atom is 0.207 e. The first kappa shape index (κ1) is 16.5. The topological polar surface area (TPSA) is 74.6 Å². The van der Waals surface area contributed by atoms with E-state index in [1.54, 1.807) is 51.1 Å². The van der Waals surface area contributed by atoms with Crippen LogP contribution in [0.1, 0.15) is 45.6 Å². The fourth-order valence-electron chi connectivity index (χ4n) is 2.33. The van der Waals surface area contributed by atoms with Crippen molar-refractivity contribution in [2.24, 2.45) is 0 Å². The van der Waals surface area contributed by atoms with Gasteiger partial charge in [-0.1, -0.05) is 51.1 Å². The smallest absolute Gasteiger partial charge is 0.207 e. The Balaban J connectivity index is 3.30. The molecule has 0 unspecified atom stereocenters. The van der Waals surface area contributed by atoms with Gasteiger partial charge >= 0.3 is 0 Å². The molecule has 0 spiro atoms. The summed E-state index contributed by atoms with van der Waals surface area (Å²) >= 11 is 0. The molecule has 0 fully saturated rings. The number of Topliss-reactive ketones (excluding diaryl/α,β-unsaturated/α-hetero) is 2. The van der Waals surface area contributed by atoms with Crippen LogP contribution in [0.5, 0.6) is 0 Å². The Kier molecular flexibility index (Phi) is 5.20. The van der Waals surface area contributed by atoms with Gasteiger partial charge in [0.2, 0.25) is 5.78 Å². The summed E-state index contributed by atoms with van der Waals surface area (Å²) in [6.45, 7) is 4.80. The van der Waals surface area contributed by atoms with Crippen LogP contribution in [0.15, 0.2) is 30.3 Å². The predicted molar refractivity (Wildman–Crippen MR) is 76.2 cm³/mol. The Morgan fingerprint density at radius 3 is 1.95 bits per heavy atom. The molecule has 4 nitrogen and oxygen atoms in total. The lowest BCUT2D eigenvalue weighted by atomic mass is 9.75. The predicted octanol–water partition coefficient (Wildman–Crippen LogP) is 1.97. The standard InChI is InChI=1S/C16H22O4/c1-4-13(17)16(20,6-3)14(18)15(19,5-2)12-10-8-7-9-11-12/h7-11,19-20H,4-6H2,1-3H3/t15-,16+/m1/s1. The molecule has 0 bridgehead atoms. The molecule has 2 N–H and O–H groups in total.